The Bertz CT molecular complexity index is 1180. The second-order valence-electron chi connectivity index (χ2n) is 8.11. The van der Waals surface area contributed by atoms with Crippen molar-refractivity contribution in [2.75, 3.05) is 13.7 Å². The topological polar surface area (TPSA) is 48.4 Å². The average molecular weight is 488 g/mol. The van der Waals surface area contributed by atoms with Crippen LogP contribution in [0.2, 0.25) is 0 Å². The quantitative estimate of drug-likeness (QED) is 0.285. The zero-order chi connectivity index (χ0) is 24.3. The minimum Gasteiger partial charge on any atom is -0.481 e. The smallest absolute Gasteiger partial charge is 0.417 e. The Morgan fingerprint density at radius 1 is 1.09 bits per heavy atom. The molecule has 0 fully saturated rings. The zero-order valence-electron chi connectivity index (χ0n) is 18.9. The highest BCUT2D eigenvalue weighted by Gasteiger charge is 2.30. The van der Waals surface area contributed by atoms with Crippen molar-refractivity contribution in [3.63, 3.8) is 0 Å². The molecule has 8 heteroatoms. The zero-order valence-corrected chi connectivity index (χ0v) is 19.7. The maximum atomic E-state index is 12.7. The highest BCUT2D eigenvalue weighted by Crippen LogP contribution is 2.41. The summed E-state index contributed by atoms with van der Waals surface area (Å²) in [7, 11) is 1.34. The monoisotopic (exact) mass is 487 g/mol. The van der Waals surface area contributed by atoms with Crippen molar-refractivity contribution in [1.29, 1.82) is 0 Å². The molecule has 1 aliphatic rings. The Hall–Kier alpha value is -3.00. The number of thioether (sulfide) groups is 1. The van der Waals surface area contributed by atoms with Gasteiger partial charge in [0.2, 0.25) is 0 Å². The predicted molar refractivity (Wildman–Crippen MR) is 125 cm³/mol. The summed E-state index contributed by atoms with van der Waals surface area (Å²) >= 11 is 1.75. The van der Waals surface area contributed by atoms with Crippen molar-refractivity contribution in [2.24, 2.45) is 0 Å². The number of alkyl halides is 3. The van der Waals surface area contributed by atoms with Crippen LogP contribution in [-0.2, 0) is 34.3 Å². The van der Waals surface area contributed by atoms with Gasteiger partial charge in [0.1, 0.15) is 5.75 Å². The van der Waals surface area contributed by atoms with E-state index in [4.69, 9.17) is 4.74 Å². The summed E-state index contributed by atoms with van der Waals surface area (Å²) < 4.78 is 48.7. The Labute approximate surface area is 200 Å². The molecule has 0 aliphatic heterocycles. The fraction of sp³-hybridized carbons (Fsp3) is 0.308. The molecular formula is C26H24F3NO3S. The van der Waals surface area contributed by atoms with Crippen molar-refractivity contribution in [1.82, 2.24) is 4.98 Å². The summed E-state index contributed by atoms with van der Waals surface area (Å²) in [4.78, 5) is 16.7. The standard InChI is InChI=1S/C26H24F3NO3S/c1-16-12-23(20-4-3-5-21(20)25(16)33-14-24(31)32-2)34-15-17-6-8-18(9-7-17)22-11-10-19(13-30-22)26(27,28)29/h6-13H,3-5,14-15H2,1-2H3. The third-order valence-electron chi connectivity index (χ3n) is 5.79. The molecule has 0 saturated heterocycles. The number of benzene rings is 2. The molecule has 1 heterocycles. The Balaban J connectivity index is 1.45. The van der Waals surface area contributed by atoms with Crippen LogP contribution >= 0.6 is 11.8 Å². The van der Waals surface area contributed by atoms with Crippen molar-refractivity contribution >= 4 is 17.7 Å². The number of aromatic nitrogens is 1. The number of ether oxygens (including phenoxy) is 2. The van der Waals surface area contributed by atoms with E-state index < -0.39 is 17.7 Å². The predicted octanol–water partition coefficient (Wildman–Crippen LogP) is 6.41. The van der Waals surface area contributed by atoms with Crippen LogP contribution in [0.3, 0.4) is 0 Å². The van der Waals surface area contributed by atoms with Crippen LogP contribution in [0.15, 0.2) is 53.6 Å². The number of aryl methyl sites for hydroxylation is 1. The Morgan fingerprint density at radius 2 is 1.82 bits per heavy atom. The number of carbonyl (C=O) groups excluding carboxylic acids is 1. The molecule has 0 bridgehead atoms. The molecule has 3 aromatic rings. The summed E-state index contributed by atoms with van der Waals surface area (Å²) in [5.41, 5.74) is 5.08. The molecule has 0 atom stereocenters. The molecule has 1 aromatic heterocycles. The highest BCUT2D eigenvalue weighted by molar-refractivity contribution is 7.98. The summed E-state index contributed by atoms with van der Waals surface area (Å²) in [6, 6.07) is 12.3. The first-order valence-corrected chi connectivity index (χ1v) is 11.8. The van der Waals surface area contributed by atoms with Gasteiger partial charge in [-0.05, 0) is 66.6 Å². The minimum atomic E-state index is -4.39. The second-order valence-corrected chi connectivity index (χ2v) is 9.13. The Morgan fingerprint density at radius 3 is 2.47 bits per heavy atom. The fourth-order valence-corrected chi connectivity index (χ4v) is 5.21. The van der Waals surface area contributed by atoms with E-state index in [0.717, 1.165) is 59.7 Å². The largest absolute Gasteiger partial charge is 0.481 e. The minimum absolute atomic E-state index is 0.101. The van der Waals surface area contributed by atoms with Crippen LogP contribution in [-0.4, -0.2) is 24.7 Å². The number of hydrogen-bond acceptors (Lipinski definition) is 5. The molecule has 0 radical (unpaired) electrons. The van der Waals surface area contributed by atoms with Crippen LogP contribution in [0, 0.1) is 6.92 Å². The lowest BCUT2D eigenvalue weighted by Gasteiger charge is -2.16. The Kier molecular flexibility index (Phi) is 7.16. The lowest BCUT2D eigenvalue weighted by Crippen LogP contribution is -2.14. The number of fused-ring (bicyclic) bond motifs is 1. The summed E-state index contributed by atoms with van der Waals surface area (Å²) in [5.74, 6) is 1.14. The van der Waals surface area contributed by atoms with Gasteiger partial charge in [0.15, 0.2) is 6.61 Å². The lowest BCUT2D eigenvalue weighted by molar-refractivity contribution is -0.143. The number of pyridine rings is 1. The molecule has 34 heavy (non-hydrogen) atoms. The summed E-state index contributed by atoms with van der Waals surface area (Å²) in [5, 5.41) is 0. The molecule has 0 amide bonds. The molecule has 4 nitrogen and oxygen atoms in total. The van der Waals surface area contributed by atoms with Gasteiger partial charge < -0.3 is 9.47 Å². The van der Waals surface area contributed by atoms with Crippen LogP contribution in [0.1, 0.15) is 34.2 Å². The van der Waals surface area contributed by atoms with E-state index in [1.165, 1.54) is 29.2 Å². The number of esters is 1. The molecule has 0 spiro atoms. The maximum Gasteiger partial charge on any atom is 0.417 e. The van der Waals surface area contributed by atoms with Crippen molar-refractivity contribution < 1.29 is 27.4 Å². The fourth-order valence-electron chi connectivity index (χ4n) is 4.04. The van der Waals surface area contributed by atoms with Crippen molar-refractivity contribution in [3.8, 4) is 17.0 Å². The molecule has 0 N–H and O–H groups in total. The van der Waals surface area contributed by atoms with E-state index in [-0.39, 0.29) is 6.61 Å². The van der Waals surface area contributed by atoms with Gasteiger partial charge in [-0.25, -0.2) is 4.79 Å². The average Bonchev–Trinajstić information content (AvgIpc) is 3.32. The van der Waals surface area contributed by atoms with E-state index in [1.54, 1.807) is 11.8 Å². The third-order valence-corrected chi connectivity index (χ3v) is 6.94. The number of rotatable bonds is 7. The van der Waals surface area contributed by atoms with Gasteiger partial charge in [0.25, 0.3) is 0 Å². The first-order valence-electron chi connectivity index (χ1n) is 10.9. The van der Waals surface area contributed by atoms with Crippen LogP contribution in [0.4, 0.5) is 13.2 Å². The van der Waals surface area contributed by atoms with Gasteiger partial charge in [-0.2, -0.15) is 13.2 Å². The highest BCUT2D eigenvalue weighted by atomic mass is 32.2. The molecule has 1 aliphatic carbocycles. The van der Waals surface area contributed by atoms with Crippen LogP contribution in [0.5, 0.6) is 5.75 Å². The SMILES string of the molecule is COC(=O)COc1c(C)cc(SCc2ccc(-c3ccc(C(F)(F)F)cn3)cc2)c2c1CCC2. The van der Waals surface area contributed by atoms with Gasteiger partial charge in [0, 0.05) is 22.4 Å². The number of halogens is 3. The van der Waals surface area contributed by atoms with Gasteiger partial charge in [0.05, 0.1) is 18.4 Å². The first kappa shape index (κ1) is 24.1. The molecule has 178 valence electrons. The lowest BCUT2D eigenvalue weighted by atomic mass is 10.1. The molecule has 0 unspecified atom stereocenters. The second kappa shape index (κ2) is 10.1. The molecule has 0 saturated carbocycles. The van der Waals surface area contributed by atoms with Gasteiger partial charge in [-0.3, -0.25) is 4.98 Å². The molecule has 4 rings (SSSR count). The third kappa shape index (κ3) is 5.38. The van der Waals surface area contributed by atoms with Gasteiger partial charge in [-0.15, -0.1) is 11.8 Å². The van der Waals surface area contributed by atoms with E-state index >= 15 is 0 Å². The number of carbonyl (C=O) groups is 1. The van der Waals surface area contributed by atoms with Gasteiger partial charge >= 0.3 is 12.1 Å². The van der Waals surface area contributed by atoms with E-state index in [0.29, 0.717) is 5.69 Å². The van der Waals surface area contributed by atoms with E-state index in [2.05, 4.69) is 15.8 Å². The van der Waals surface area contributed by atoms with E-state index in [1.807, 2.05) is 31.2 Å². The molecule has 2 aromatic carbocycles. The maximum absolute atomic E-state index is 12.7. The number of hydrogen-bond donors (Lipinski definition) is 0. The normalized spacial score (nSPS) is 13.0. The summed E-state index contributed by atoms with van der Waals surface area (Å²) in [6.45, 7) is 1.89. The van der Waals surface area contributed by atoms with Crippen molar-refractivity contribution in [2.45, 2.75) is 43.0 Å². The summed E-state index contributed by atoms with van der Waals surface area (Å²) in [6.07, 6.45) is -0.575. The van der Waals surface area contributed by atoms with E-state index in [9.17, 15) is 18.0 Å². The van der Waals surface area contributed by atoms with Gasteiger partial charge in [-0.1, -0.05) is 24.3 Å². The number of methoxy groups -OCH3 is 1. The molecular weight excluding hydrogens is 463 g/mol. The number of nitrogens with zero attached hydrogens (tertiary/aromatic N) is 1. The van der Waals surface area contributed by atoms with Crippen molar-refractivity contribution in [3.05, 3.63) is 76.5 Å². The van der Waals surface area contributed by atoms with Crippen LogP contribution in [0.25, 0.3) is 11.3 Å². The van der Waals surface area contributed by atoms with Crippen LogP contribution < -0.4 is 4.74 Å². The first-order chi connectivity index (χ1) is 16.3.